The van der Waals surface area contributed by atoms with Crippen LogP contribution in [-0.4, -0.2) is 80.7 Å². The predicted molar refractivity (Wildman–Crippen MR) is 136 cm³/mol. The maximum Gasteiger partial charge on any atom is 0.530 e. The van der Waals surface area contributed by atoms with E-state index in [1.165, 1.54) is 12.1 Å². The van der Waals surface area contributed by atoms with Crippen molar-refractivity contribution in [1.29, 1.82) is 0 Å². The Labute approximate surface area is 227 Å². The van der Waals surface area contributed by atoms with E-state index in [9.17, 15) is 24.4 Å². The monoisotopic (exact) mass is 583 g/mol. The van der Waals surface area contributed by atoms with E-state index in [2.05, 4.69) is 25.5 Å². The van der Waals surface area contributed by atoms with Crippen LogP contribution < -0.4 is 32.8 Å². The first kappa shape index (κ1) is 29.3. The van der Waals surface area contributed by atoms with Crippen molar-refractivity contribution in [3.8, 4) is 5.75 Å². The second-order valence-electron chi connectivity index (χ2n) is 8.96. The van der Waals surface area contributed by atoms with Crippen molar-refractivity contribution in [1.82, 2.24) is 15.2 Å². The number of H-pyrrole nitrogens is 1. The number of fused-ring (bicyclic) bond motifs is 1. The summed E-state index contributed by atoms with van der Waals surface area (Å²) in [6, 6.07) is 3.80. The van der Waals surface area contributed by atoms with E-state index in [1.807, 2.05) is 0 Å². The lowest BCUT2D eigenvalue weighted by atomic mass is 10.1. The Morgan fingerprint density at radius 1 is 1.27 bits per heavy atom. The van der Waals surface area contributed by atoms with Crippen LogP contribution in [0.5, 0.6) is 5.75 Å². The van der Waals surface area contributed by atoms with Gasteiger partial charge in [-0.2, -0.15) is 0 Å². The van der Waals surface area contributed by atoms with Crippen LogP contribution in [0.2, 0.25) is 0 Å². The summed E-state index contributed by atoms with van der Waals surface area (Å²) in [6.45, 7) is -0.299. The average Bonchev–Trinajstić information content (AvgIpc) is 3.51. The summed E-state index contributed by atoms with van der Waals surface area (Å²) >= 11 is 0. The molecule has 0 saturated carbocycles. The van der Waals surface area contributed by atoms with Gasteiger partial charge in [-0.15, -0.1) is 5.10 Å². The summed E-state index contributed by atoms with van der Waals surface area (Å²) in [5, 5.41) is 29.4. The van der Waals surface area contributed by atoms with Gasteiger partial charge in [-0.1, -0.05) is 0 Å². The van der Waals surface area contributed by atoms with Crippen LogP contribution in [0.3, 0.4) is 0 Å². The molecule has 19 heteroatoms. The maximum absolute atomic E-state index is 13.0. The summed E-state index contributed by atoms with van der Waals surface area (Å²) in [6.07, 6.45) is -4.37. The number of nitrogens with two attached hydrogens (primary N) is 4. The molecular weight excluding hydrogens is 553 g/mol. The fraction of sp³-hybridized carbons (Fsp3) is 0.476. The minimum absolute atomic E-state index is 0.0347. The van der Waals surface area contributed by atoms with Crippen LogP contribution >= 0.6 is 7.82 Å². The van der Waals surface area contributed by atoms with Gasteiger partial charge >= 0.3 is 7.82 Å². The number of guanidine groups is 1. The number of carbonyl (C=O) groups excluding carboxylic acids is 2. The molecular formula is C21H30N9O9P. The first-order chi connectivity index (χ1) is 19.0. The first-order valence-electron chi connectivity index (χ1n) is 12.0. The molecule has 1 unspecified atom stereocenters. The highest BCUT2D eigenvalue weighted by molar-refractivity contribution is 7.49. The second kappa shape index (κ2) is 12.3. The number of hydrogen-bond donors (Lipinski definition) is 8. The number of aromatic amines is 1. The smallest absolute Gasteiger partial charge is 0.404 e. The van der Waals surface area contributed by atoms with Gasteiger partial charge in [0, 0.05) is 17.8 Å². The van der Waals surface area contributed by atoms with E-state index in [4.69, 9.17) is 41.2 Å². The number of nitrogens with zero attached hydrogens (tertiary/aromatic N) is 3. The van der Waals surface area contributed by atoms with Crippen LogP contribution in [0.25, 0.3) is 0 Å². The number of aliphatic hydroxyl groups excluding tert-OH is 2. The lowest BCUT2D eigenvalue weighted by Crippen LogP contribution is -2.35. The molecule has 3 heterocycles. The van der Waals surface area contributed by atoms with Crippen LogP contribution in [0, 0.1) is 0 Å². The van der Waals surface area contributed by atoms with Crippen molar-refractivity contribution in [3.63, 3.8) is 0 Å². The van der Waals surface area contributed by atoms with Crippen molar-refractivity contribution in [2.45, 2.75) is 49.9 Å². The third-order valence-electron chi connectivity index (χ3n) is 5.97. The van der Waals surface area contributed by atoms with E-state index in [0.717, 1.165) is 0 Å². The number of phosphoric ester groups is 1. The van der Waals surface area contributed by atoms with Gasteiger partial charge < -0.3 is 47.7 Å². The summed E-state index contributed by atoms with van der Waals surface area (Å²) in [5.74, 6) is -1.51. The standard InChI is InChI=1S/C21H30N9O9P/c22-11(2-1-5-26-21(24)25)20(34)27-10-3-4-12-9(6-10)7-36-40(35,39-12)37-8-13-14(31)15(32)16(38-13)18-28-19(17(23)33)30-29-18/h3-4,6,11,13-16,31-32H,1-2,5,7-8,22H2,(H2,23,33)(H,27,34)(H4,24,25,26)(H,28,29,30)/t11-,13+,14+,15+,16-,40?/m0/s1. The summed E-state index contributed by atoms with van der Waals surface area (Å²) in [7, 11) is -4.13. The van der Waals surface area contributed by atoms with E-state index in [-0.39, 0.29) is 30.0 Å². The fourth-order valence-electron chi connectivity index (χ4n) is 3.89. The number of hydrogen-bond acceptors (Lipinski definition) is 13. The van der Waals surface area contributed by atoms with E-state index < -0.39 is 56.7 Å². The highest BCUT2D eigenvalue weighted by Gasteiger charge is 2.47. The van der Waals surface area contributed by atoms with E-state index in [1.54, 1.807) is 6.07 Å². The molecule has 0 spiro atoms. The SMILES string of the molecule is NC(=O)c1n[nH]c([C@H]2O[C@H](COP3(=O)OCc4cc(NC(=O)[C@@H](N)CCCN=C(N)N)ccc4O3)[C@@H](O)[C@H]2O)n1. The molecule has 0 bridgehead atoms. The van der Waals surface area contributed by atoms with Gasteiger partial charge in [0.2, 0.25) is 11.7 Å². The number of phosphoric acid groups is 1. The molecule has 2 amide bonds. The Hall–Kier alpha value is -3.64. The second-order valence-corrected chi connectivity index (χ2v) is 10.6. The number of aliphatic imine (C=N–C) groups is 1. The number of ether oxygens (including phenoxy) is 1. The molecule has 40 heavy (non-hydrogen) atoms. The van der Waals surface area contributed by atoms with Gasteiger partial charge in [0.05, 0.1) is 19.3 Å². The van der Waals surface area contributed by atoms with E-state index >= 15 is 0 Å². The quantitative estimate of drug-likeness (QED) is 0.0621. The molecule has 1 saturated heterocycles. The Morgan fingerprint density at radius 3 is 2.75 bits per heavy atom. The molecule has 0 radical (unpaired) electrons. The van der Waals surface area contributed by atoms with Gasteiger partial charge in [-0.05, 0) is 31.0 Å². The third-order valence-corrected chi connectivity index (χ3v) is 7.30. The zero-order chi connectivity index (χ0) is 29.0. The molecule has 1 aromatic carbocycles. The minimum Gasteiger partial charge on any atom is -0.404 e. The molecule has 1 fully saturated rings. The highest BCUT2D eigenvalue weighted by Crippen LogP contribution is 2.55. The molecule has 12 N–H and O–H groups in total. The minimum atomic E-state index is -4.13. The van der Waals surface area contributed by atoms with Crippen LogP contribution in [0.4, 0.5) is 5.69 Å². The molecule has 6 atom stereocenters. The number of aliphatic hydroxyl groups is 2. The highest BCUT2D eigenvalue weighted by atomic mass is 31.2. The topological polar surface area (TPSA) is 299 Å². The van der Waals surface area contributed by atoms with Crippen LogP contribution in [-0.2, 0) is 29.8 Å². The lowest BCUT2D eigenvalue weighted by molar-refractivity contribution is -0.117. The largest absolute Gasteiger partial charge is 0.530 e. The molecule has 1 aromatic heterocycles. The van der Waals surface area contributed by atoms with Crippen molar-refractivity contribution in [2.24, 2.45) is 27.9 Å². The lowest BCUT2D eigenvalue weighted by Gasteiger charge is -2.26. The Kier molecular flexibility index (Phi) is 8.99. The maximum atomic E-state index is 13.0. The van der Waals surface area contributed by atoms with Crippen LogP contribution in [0.15, 0.2) is 23.2 Å². The third kappa shape index (κ3) is 6.92. The van der Waals surface area contributed by atoms with Crippen molar-refractivity contribution in [3.05, 3.63) is 35.4 Å². The summed E-state index contributed by atoms with van der Waals surface area (Å²) in [4.78, 5) is 31.3. The molecule has 0 aliphatic carbocycles. The number of nitrogens with one attached hydrogen (secondary N) is 2. The molecule has 4 rings (SSSR count). The fourth-order valence-corrected chi connectivity index (χ4v) is 5.12. The number of primary amides is 1. The van der Waals surface area contributed by atoms with E-state index in [0.29, 0.717) is 30.6 Å². The van der Waals surface area contributed by atoms with Gasteiger partial charge in [0.25, 0.3) is 5.91 Å². The first-order valence-corrected chi connectivity index (χ1v) is 13.5. The van der Waals surface area contributed by atoms with Crippen molar-refractivity contribution < 1.29 is 42.7 Å². The van der Waals surface area contributed by atoms with Crippen molar-refractivity contribution >= 4 is 31.3 Å². The molecule has 2 aliphatic heterocycles. The van der Waals surface area contributed by atoms with Gasteiger partial charge in [0.1, 0.15) is 30.2 Å². The number of anilines is 1. The Balaban J connectivity index is 1.30. The van der Waals surface area contributed by atoms with Crippen LogP contribution in [0.1, 0.15) is 41.0 Å². The Bertz CT molecular complexity index is 1320. The number of aromatic nitrogens is 3. The van der Waals surface area contributed by atoms with Gasteiger partial charge in [-0.25, -0.2) is 9.55 Å². The molecule has 2 aromatic rings. The number of amides is 2. The Morgan fingerprint density at radius 2 is 2.05 bits per heavy atom. The molecule has 18 nitrogen and oxygen atoms in total. The predicted octanol–water partition coefficient (Wildman–Crippen LogP) is -1.88. The normalized spacial score (nSPS) is 26.4. The number of rotatable bonds is 11. The summed E-state index contributed by atoms with van der Waals surface area (Å²) in [5.41, 5.74) is 22.5. The number of benzene rings is 1. The average molecular weight is 583 g/mol. The number of carbonyl (C=O) groups is 2. The van der Waals surface area contributed by atoms with Crippen molar-refractivity contribution in [2.75, 3.05) is 18.5 Å². The van der Waals surface area contributed by atoms with Gasteiger partial charge in [0.15, 0.2) is 11.8 Å². The molecule has 218 valence electrons. The zero-order valence-corrected chi connectivity index (χ0v) is 21.9. The zero-order valence-electron chi connectivity index (χ0n) is 21.0. The van der Waals surface area contributed by atoms with Gasteiger partial charge in [-0.3, -0.25) is 28.7 Å². The molecule has 2 aliphatic rings. The summed E-state index contributed by atoms with van der Waals surface area (Å²) < 4.78 is 34.7.